The van der Waals surface area contributed by atoms with Gasteiger partial charge in [0.25, 0.3) is 5.91 Å². The molecule has 120 valence electrons. The summed E-state index contributed by atoms with van der Waals surface area (Å²) >= 11 is 5.93. The second-order valence-electron chi connectivity index (χ2n) is 5.42. The van der Waals surface area contributed by atoms with E-state index in [4.69, 9.17) is 22.1 Å². The number of halogens is 1. The van der Waals surface area contributed by atoms with E-state index in [-0.39, 0.29) is 24.5 Å². The summed E-state index contributed by atoms with van der Waals surface area (Å²) in [6, 6.07) is 6.90. The highest BCUT2D eigenvalue weighted by Gasteiger charge is 2.26. The van der Waals surface area contributed by atoms with Crippen LogP contribution in [0.5, 0.6) is 0 Å². The molecule has 1 atom stereocenters. The zero-order chi connectivity index (χ0) is 16.1. The maximum atomic E-state index is 12.5. The molecule has 7 heteroatoms. The average Bonchev–Trinajstić information content (AvgIpc) is 2.45. The highest BCUT2D eigenvalue weighted by atomic mass is 35.5. The fourth-order valence-electron chi connectivity index (χ4n) is 2.50. The molecule has 6 nitrogen and oxygen atoms in total. The summed E-state index contributed by atoms with van der Waals surface area (Å²) in [6.07, 6.45) is -0.138. The number of rotatable bonds is 5. The Kier molecular flexibility index (Phi) is 5.76. The SMILES string of the molecule is CN(CC(N)=O)C[C@H]1CN(C(=O)c2cccc(Cl)c2)CCO1. The molecule has 1 aliphatic heterocycles. The van der Waals surface area contributed by atoms with Crippen LogP contribution in [-0.4, -0.2) is 67.6 Å². The number of amides is 2. The Bertz CT molecular complexity index is 553. The second-order valence-corrected chi connectivity index (χ2v) is 5.85. The van der Waals surface area contributed by atoms with Crippen molar-refractivity contribution in [2.45, 2.75) is 6.10 Å². The molecule has 2 amide bonds. The zero-order valence-corrected chi connectivity index (χ0v) is 13.3. The number of carbonyl (C=O) groups is 2. The van der Waals surface area contributed by atoms with Gasteiger partial charge in [0.15, 0.2) is 0 Å². The first kappa shape index (κ1) is 16.7. The Morgan fingerprint density at radius 1 is 1.50 bits per heavy atom. The summed E-state index contributed by atoms with van der Waals surface area (Å²) in [7, 11) is 1.80. The maximum absolute atomic E-state index is 12.5. The van der Waals surface area contributed by atoms with E-state index in [9.17, 15) is 9.59 Å². The van der Waals surface area contributed by atoms with Crippen LogP contribution in [0.25, 0.3) is 0 Å². The van der Waals surface area contributed by atoms with Crippen molar-refractivity contribution in [3.63, 3.8) is 0 Å². The average molecular weight is 326 g/mol. The second kappa shape index (κ2) is 7.58. The number of hydrogen-bond acceptors (Lipinski definition) is 4. The third kappa shape index (κ3) is 4.69. The number of morpholine rings is 1. The molecule has 2 N–H and O–H groups in total. The van der Waals surface area contributed by atoms with E-state index in [2.05, 4.69) is 0 Å². The molecule has 1 saturated heterocycles. The zero-order valence-electron chi connectivity index (χ0n) is 12.5. The van der Waals surface area contributed by atoms with Crippen LogP contribution >= 0.6 is 11.6 Å². The molecular formula is C15H20ClN3O3. The van der Waals surface area contributed by atoms with Crippen molar-refractivity contribution in [1.29, 1.82) is 0 Å². The Morgan fingerprint density at radius 2 is 2.27 bits per heavy atom. The van der Waals surface area contributed by atoms with Crippen molar-refractivity contribution in [1.82, 2.24) is 9.80 Å². The van der Waals surface area contributed by atoms with Crippen molar-refractivity contribution < 1.29 is 14.3 Å². The van der Waals surface area contributed by atoms with Gasteiger partial charge in [-0.15, -0.1) is 0 Å². The van der Waals surface area contributed by atoms with Gasteiger partial charge in [0.2, 0.25) is 5.91 Å². The number of nitrogens with zero attached hydrogens (tertiary/aromatic N) is 2. The van der Waals surface area contributed by atoms with Crippen LogP contribution < -0.4 is 5.73 Å². The highest BCUT2D eigenvalue weighted by molar-refractivity contribution is 6.30. The number of primary amides is 1. The molecule has 1 aromatic rings. The highest BCUT2D eigenvalue weighted by Crippen LogP contribution is 2.15. The van der Waals surface area contributed by atoms with Crippen molar-refractivity contribution in [2.75, 3.05) is 39.8 Å². The lowest BCUT2D eigenvalue weighted by Crippen LogP contribution is -2.49. The number of hydrogen-bond donors (Lipinski definition) is 1. The minimum atomic E-state index is -0.384. The number of ether oxygens (including phenoxy) is 1. The molecule has 1 fully saturated rings. The van der Waals surface area contributed by atoms with Gasteiger partial charge in [0.1, 0.15) is 0 Å². The quantitative estimate of drug-likeness (QED) is 0.860. The predicted molar refractivity (Wildman–Crippen MR) is 83.8 cm³/mol. The van der Waals surface area contributed by atoms with Crippen molar-refractivity contribution in [3.8, 4) is 0 Å². The Balaban J connectivity index is 1.95. The van der Waals surface area contributed by atoms with Crippen LogP contribution in [0.4, 0.5) is 0 Å². The van der Waals surface area contributed by atoms with E-state index in [0.717, 1.165) is 0 Å². The molecule has 1 aliphatic rings. The van der Waals surface area contributed by atoms with Crippen LogP contribution in [0.3, 0.4) is 0 Å². The topological polar surface area (TPSA) is 75.9 Å². The van der Waals surface area contributed by atoms with Crippen LogP contribution in [-0.2, 0) is 9.53 Å². The standard InChI is InChI=1S/C15H20ClN3O3/c1-18(10-14(17)20)8-13-9-19(5-6-22-13)15(21)11-3-2-4-12(16)7-11/h2-4,7,13H,5-6,8-10H2,1H3,(H2,17,20)/t13-/m0/s1. The van der Waals surface area contributed by atoms with Crippen LogP contribution in [0.15, 0.2) is 24.3 Å². The van der Waals surface area contributed by atoms with Gasteiger partial charge < -0.3 is 15.4 Å². The molecule has 1 aromatic carbocycles. The molecule has 0 saturated carbocycles. The fraction of sp³-hybridized carbons (Fsp3) is 0.467. The summed E-state index contributed by atoms with van der Waals surface area (Å²) in [5.41, 5.74) is 5.73. The number of carbonyl (C=O) groups excluding carboxylic acids is 2. The van der Waals surface area contributed by atoms with E-state index in [1.807, 2.05) is 0 Å². The summed E-state index contributed by atoms with van der Waals surface area (Å²) < 4.78 is 5.66. The summed E-state index contributed by atoms with van der Waals surface area (Å²) in [6.45, 7) is 2.21. The predicted octanol–water partition coefficient (Wildman–Crippen LogP) is 0.598. The maximum Gasteiger partial charge on any atom is 0.254 e. The molecule has 22 heavy (non-hydrogen) atoms. The molecule has 0 aromatic heterocycles. The molecule has 0 spiro atoms. The Morgan fingerprint density at radius 3 is 2.95 bits per heavy atom. The minimum Gasteiger partial charge on any atom is -0.373 e. The largest absolute Gasteiger partial charge is 0.373 e. The van der Waals surface area contributed by atoms with Crippen molar-refractivity contribution in [2.24, 2.45) is 5.73 Å². The van der Waals surface area contributed by atoms with Gasteiger partial charge in [0.05, 0.1) is 19.3 Å². The van der Waals surface area contributed by atoms with Gasteiger partial charge in [-0.25, -0.2) is 0 Å². The Hall–Kier alpha value is -1.63. The lowest BCUT2D eigenvalue weighted by molar-refractivity contribution is -0.119. The van der Waals surface area contributed by atoms with Gasteiger partial charge in [0, 0.05) is 30.2 Å². The van der Waals surface area contributed by atoms with Crippen LogP contribution in [0.2, 0.25) is 5.02 Å². The van der Waals surface area contributed by atoms with Gasteiger partial charge >= 0.3 is 0 Å². The van der Waals surface area contributed by atoms with Gasteiger partial charge in [-0.2, -0.15) is 0 Å². The van der Waals surface area contributed by atoms with Gasteiger partial charge in [-0.05, 0) is 25.2 Å². The lowest BCUT2D eigenvalue weighted by atomic mass is 10.1. The monoisotopic (exact) mass is 325 g/mol. The molecular weight excluding hydrogens is 306 g/mol. The molecule has 0 radical (unpaired) electrons. The van der Waals surface area contributed by atoms with Gasteiger partial charge in [-0.1, -0.05) is 17.7 Å². The normalized spacial score (nSPS) is 18.5. The first-order valence-corrected chi connectivity index (χ1v) is 7.47. The van der Waals surface area contributed by atoms with Gasteiger partial charge in [-0.3, -0.25) is 14.5 Å². The van der Waals surface area contributed by atoms with E-state index in [0.29, 0.717) is 36.8 Å². The number of benzene rings is 1. The van der Waals surface area contributed by atoms with Crippen LogP contribution in [0.1, 0.15) is 10.4 Å². The molecule has 1 heterocycles. The first-order chi connectivity index (χ1) is 10.5. The van der Waals surface area contributed by atoms with Crippen LogP contribution in [0, 0.1) is 0 Å². The Labute approximate surface area is 134 Å². The van der Waals surface area contributed by atoms with Crippen molar-refractivity contribution in [3.05, 3.63) is 34.9 Å². The first-order valence-electron chi connectivity index (χ1n) is 7.09. The van der Waals surface area contributed by atoms with E-state index < -0.39 is 0 Å². The number of likely N-dealkylation sites (N-methyl/N-ethyl adjacent to an activating group) is 1. The summed E-state index contributed by atoms with van der Waals surface area (Å²) in [5, 5.41) is 0.539. The molecule has 0 unspecified atom stereocenters. The fourth-order valence-corrected chi connectivity index (χ4v) is 2.69. The number of nitrogens with two attached hydrogens (primary N) is 1. The lowest BCUT2D eigenvalue weighted by Gasteiger charge is -2.34. The smallest absolute Gasteiger partial charge is 0.254 e. The third-order valence-electron chi connectivity index (χ3n) is 3.44. The third-order valence-corrected chi connectivity index (χ3v) is 3.67. The van der Waals surface area contributed by atoms with E-state index in [1.54, 1.807) is 41.1 Å². The van der Waals surface area contributed by atoms with E-state index in [1.165, 1.54) is 0 Å². The summed E-state index contributed by atoms with van der Waals surface area (Å²) in [4.78, 5) is 26.9. The van der Waals surface area contributed by atoms with Crippen molar-refractivity contribution >= 4 is 23.4 Å². The molecule has 0 bridgehead atoms. The molecule has 2 rings (SSSR count). The van der Waals surface area contributed by atoms with E-state index >= 15 is 0 Å². The molecule has 0 aliphatic carbocycles. The summed E-state index contributed by atoms with van der Waals surface area (Å²) in [5.74, 6) is -0.446. The minimum absolute atomic E-state index is 0.0617.